The quantitative estimate of drug-likeness (QED) is 0.204. The first-order chi connectivity index (χ1) is 28.3. The number of rotatable bonds is 9. The van der Waals surface area contributed by atoms with Crippen molar-refractivity contribution in [2.75, 3.05) is 27.3 Å². The zero-order chi connectivity index (χ0) is 40.2. The number of alkyl carbamates (subject to hydrolysis) is 2. The fourth-order valence-electron chi connectivity index (χ4n) is 9.94. The summed E-state index contributed by atoms with van der Waals surface area (Å²) in [6.45, 7) is 1.40. The number of methoxy groups -OCH3 is 2. The van der Waals surface area contributed by atoms with E-state index in [-0.39, 0.29) is 47.8 Å². The number of allylic oxidation sites excluding steroid dienone is 1. The molecule has 2 saturated heterocycles. The molecule has 6 atom stereocenters. The molecule has 0 bridgehead atoms. The van der Waals surface area contributed by atoms with Gasteiger partial charge in [-0.05, 0) is 79.2 Å². The number of carbonyl (C=O) groups excluding carboxylic acids is 4. The number of aromatic nitrogens is 2. The highest BCUT2D eigenvalue weighted by molar-refractivity contribution is 6.03. The Kier molecular flexibility index (Phi) is 11.9. The van der Waals surface area contributed by atoms with Gasteiger partial charge in [-0.3, -0.25) is 14.6 Å². The van der Waals surface area contributed by atoms with E-state index >= 15 is 0 Å². The summed E-state index contributed by atoms with van der Waals surface area (Å²) in [5.41, 5.74) is 7.43. The van der Waals surface area contributed by atoms with Crippen molar-refractivity contribution in [3.05, 3.63) is 72.3 Å². The Morgan fingerprint density at radius 3 is 1.71 bits per heavy atom. The molecule has 58 heavy (non-hydrogen) atoms. The fraction of sp³-hybridized carbons (Fsp3) is 0.511. The van der Waals surface area contributed by atoms with Crippen molar-refractivity contribution in [2.24, 2.45) is 16.8 Å². The predicted molar refractivity (Wildman–Crippen MR) is 220 cm³/mol. The van der Waals surface area contributed by atoms with Crippen LogP contribution in [-0.2, 0) is 19.1 Å². The van der Waals surface area contributed by atoms with Gasteiger partial charge in [0.1, 0.15) is 5.82 Å². The second-order valence-corrected chi connectivity index (χ2v) is 16.4. The Hall–Kier alpha value is -5.46. The normalized spacial score (nSPS) is 25.8. The zero-order valence-corrected chi connectivity index (χ0v) is 33.6. The number of hydrogen-bond acceptors (Lipinski definition) is 8. The Bertz CT molecular complexity index is 2040. The maximum Gasteiger partial charge on any atom is 0.407 e. The van der Waals surface area contributed by atoms with Gasteiger partial charge in [0.25, 0.3) is 0 Å². The summed E-state index contributed by atoms with van der Waals surface area (Å²) in [5, 5.41) is 5.82. The molecule has 3 aliphatic heterocycles. The number of nitrogens with one attached hydrogen (secondary N) is 3. The van der Waals surface area contributed by atoms with E-state index in [1.54, 1.807) is 0 Å². The molecule has 1 aromatic heterocycles. The van der Waals surface area contributed by atoms with Crippen molar-refractivity contribution in [3.63, 3.8) is 0 Å². The van der Waals surface area contributed by atoms with Gasteiger partial charge in [0.2, 0.25) is 11.8 Å². The Balaban J connectivity index is 0.874. The van der Waals surface area contributed by atoms with E-state index in [1.807, 2.05) is 22.2 Å². The SMILES string of the molecule is COC(=O)N[C@@H]1CCCC[C@@H]1C(=O)N1CCC[C@H]1C1=NC=C(c2ccc(-c3ccc(-c4cnc([C@@H]5CCCN5C(=O)[C@H]5CCCC[C@H]5NC(=O)OC)[nH]4)cc3)cc2)C1. The first-order valence-corrected chi connectivity index (χ1v) is 21.1. The zero-order valence-electron chi connectivity index (χ0n) is 33.6. The maximum absolute atomic E-state index is 13.9. The number of imidazole rings is 1. The van der Waals surface area contributed by atoms with Gasteiger partial charge in [-0.25, -0.2) is 14.6 Å². The molecule has 0 radical (unpaired) electrons. The summed E-state index contributed by atoms with van der Waals surface area (Å²) >= 11 is 0. The van der Waals surface area contributed by atoms with Crippen LogP contribution in [0.25, 0.3) is 28.0 Å². The van der Waals surface area contributed by atoms with Gasteiger partial charge in [0, 0.05) is 43.5 Å². The molecule has 0 spiro atoms. The van der Waals surface area contributed by atoms with Gasteiger partial charge in [0.15, 0.2) is 0 Å². The average molecular weight is 790 g/mol. The number of amides is 4. The van der Waals surface area contributed by atoms with E-state index in [0.717, 1.165) is 122 Å². The number of ether oxygens (including phenoxy) is 2. The summed E-state index contributed by atoms with van der Waals surface area (Å²) in [4.78, 5) is 68.8. The summed E-state index contributed by atoms with van der Waals surface area (Å²) in [5.74, 6) is 0.503. The second-order valence-electron chi connectivity index (χ2n) is 16.4. The third kappa shape index (κ3) is 8.26. The van der Waals surface area contributed by atoms with Crippen LogP contribution >= 0.6 is 0 Å². The molecule has 5 aliphatic rings. The summed E-state index contributed by atoms with van der Waals surface area (Å²) in [6, 6.07) is 16.4. The first-order valence-electron chi connectivity index (χ1n) is 21.1. The van der Waals surface area contributed by atoms with E-state index in [2.05, 4.69) is 64.1 Å². The second kappa shape index (κ2) is 17.6. The number of H-pyrrole nitrogens is 1. The molecule has 306 valence electrons. The van der Waals surface area contributed by atoms with E-state index < -0.39 is 12.2 Å². The lowest BCUT2D eigenvalue weighted by molar-refractivity contribution is -0.139. The van der Waals surface area contributed by atoms with Crippen LogP contribution < -0.4 is 10.6 Å². The molecule has 0 unspecified atom stereocenters. The smallest absolute Gasteiger partial charge is 0.407 e. The van der Waals surface area contributed by atoms with Gasteiger partial charge in [-0.2, -0.15) is 0 Å². The number of hydrogen-bond donors (Lipinski definition) is 3. The third-order valence-electron chi connectivity index (χ3n) is 13.1. The van der Waals surface area contributed by atoms with Gasteiger partial charge in [-0.1, -0.05) is 74.2 Å². The summed E-state index contributed by atoms with van der Waals surface area (Å²) < 4.78 is 9.68. The highest BCUT2D eigenvalue weighted by Crippen LogP contribution is 2.37. The number of carbonyl (C=O) groups is 4. The number of aliphatic imine (C=N–C) groups is 1. The fourth-order valence-corrected chi connectivity index (χ4v) is 9.94. The Morgan fingerprint density at radius 1 is 0.638 bits per heavy atom. The monoisotopic (exact) mass is 789 g/mol. The van der Waals surface area contributed by atoms with Gasteiger partial charge < -0.3 is 34.9 Å². The van der Waals surface area contributed by atoms with Crippen molar-refractivity contribution in [1.29, 1.82) is 0 Å². The molecule has 2 aromatic carbocycles. The van der Waals surface area contributed by atoms with Gasteiger partial charge >= 0.3 is 12.2 Å². The number of benzene rings is 2. The van der Waals surface area contributed by atoms with E-state index in [9.17, 15) is 19.2 Å². The summed E-state index contributed by atoms with van der Waals surface area (Å²) in [7, 11) is 2.71. The lowest BCUT2D eigenvalue weighted by Crippen LogP contribution is -2.51. The molecule has 3 aromatic rings. The average Bonchev–Trinajstić information content (AvgIpc) is 4.11. The minimum absolute atomic E-state index is 0.0172. The molecule has 4 amide bonds. The van der Waals surface area contributed by atoms with Crippen LogP contribution in [0.3, 0.4) is 0 Å². The van der Waals surface area contributed by atoms with Crippen LogP contribution in [0.2, 0.25) is 0 Å². The Labute approximate surface area is 340 Å². The van der Waals surface area contributed by atoms with Crippen molar-refractivity contribution in [3.8, 4) is 22.4 Å². The van der Waals surface area contributed by atoms with Crippen molar-refractivity contribution >= 4 is 35.3 Å². The molecular weight excluding hydrogens is 735 g/mol. The molecule has 13 heteroatoms. The van der Waals surface area contributed by atoms with Crippen LogP contribution in [0.1, 0.15) is 101 Å². The molecule has 13 nitrogen and oxygen atoms in total. The Morgan fingerprint density at radius 2 is 1.14 bits per heavy atom. The highest BCUT2D eigenvalue weighted by atomic mass is 16.5. The van der Waals surface area contributed by atoms with E-state index in [1.165, 1.54) is 14.2 Å². The lowest BCUT2D eigenvalue weighted by atomic mass is 9.83. The summed E-state index contributed by atoms with van der Waals surface area (Å²) in [6.07, 6.45) is 14.2. The van der Waals surface area contributed by atoms with Gasteiger partial charge in [-0.15, -0.1) is 0 Å². The number of aromatic amines is 1. The van der Waals surface area contributed by atoms with Gasteiger partial charge in [0.05, 0.1) is 50.0 Å². The molecule has 4 heterocycles. The minimum Gasteiger partial charge on any atom is -0.453 e. The number of nitrogens with zero attached hydrogens (tertiary/aromatic N) is 4. The minimum atomic E-state index is -0.489. The van der Waals surface area contributed by atoms with Crippen LogP contribution in [0.15, 0.2) is 65.9 Å². The molecule has 2 saturated carbocycles. The topological polar surface area (TPSA) is 158 Å². The molecule has 3 N–H and O–H groups in total. The molecule has 4 fully saturated rings. The number of likely N-dealkylation sites (tertiary alicyclic amines) is 2. The highest BCUT2D eigenvalue weighted by Gasteiger charge is 2.42. The maximum atomic E-state index is 13.9. The van der Waals surface area contributed by atoms with E-state index in [0.29, 0.717) is 19.5 Å². The van der Waals surface area contributed by atoms with Crippen LogP contribution in [0, 0.1) is 11.8 Å². The third-order valence-corrected chi connectivity index (χ3v) is 13.1. The van der Waals surface area contributed by atoms with Crippen molar-refractivity contribution < 1.29 is 28.7 Å². The van der Waals surface area contributed by atoms with Crippen LogP contribution in [0.5, 0.6) is 0 Å². The standard InChI is InChI=1S/C45H55N7O6/c1-57-44(55)49-35-11-5-3-9-33(35)42(53)51-23-7-13-39(51)37-25-32(26-46-37)30-17-15-28(16-18-30)29-19-21-31(22-20-29)38-27-47-41(48-38)40-14-8-24-52(40)43(54)34-10-4-6-12-36(34)50-45(56)58-2/h15-22,26-27,33-36,39-40H,3-14,23-25H2,1-2H3,(H,47,48)(H,49,55)(H,50,56)/t33-,34-,35+,36+,39-,40-/m0/s1. The first kappa shape index (κ1) is 39.4. The van der Waals surface area contributed by atoms with Crippen molar-refractivity contribution in [2.45, 2.75) is 108 Å². The predicted octanol–water partition coefficient (Wildman–Crippen LogP) is 7.41. The lowest BCUT2D eigenvalue weighted by Gasteiger charge is -2.35. The largest absolute Gasteiger partial charge is 0.453 e. The van der Waals surface area contributed by atoms with E-state index in [4.69, 9.17) is 19.5 Å². The van der Waals surface area contributed by atoms with Crippen LogP contribution in [-0.4, -0.2) is 94.9 Å². The molecule has 8 rings (SSSR count). The van der Waals surface area contributed by atoms with Crippen molar-refractivity contribution in [1.82, 2.24) is 30.4 Å². The van der Waals surface area contributed by atoms with Crippen LogP contribution in [0.4, 0.5) is 9.59 Å². The molecule has 2 aliphatic carbocycles. The molecular formula is C45H55N7O6.